The molecule has 10 heteroatoms. The van der Waals surface area contributed by atoms with Gasteiger partial charge < -0.3 is 5.73 Å². The molecule has 1 aromatic rings. The van der Waals surface area contributed by atoms with E-state index in [1.54, 1.807) is 18.5 Å². The van der Waals surface area contributed by atoms with Crippen LogP contribution in [0.25, 0.3) is 0 Å². The van der Waals surface area contributed by atoms with Crippen molar-refractivity contribution in [2.75, 3.05) is 0 Å². The molecule has 0 radical (unpaired) electrons. The van der Waals surface area contributed by atoms with E-state index in [1.165, 1.54) is 4.72 Å². The molecule has 1 aromatic heterocycles. The lowest BCUT2D eigenvalue weighted by molar-refractivity contribution is 0.253. The Balaban J connectivity index is 0.000000249. The molecule has 2 amide bonds. The van der Waals surface area contributed by atoms with Gasteiger partial charge in [-0.1, -0.05) is 0 Å². The molecule has 0 aliphatic heterocycles. The van der Waals surface area contributed by atoms with Gasteiger partial charge in [-0.25, -0.2) is 14.7 Å². The van der Waals surface area contributed by atoms with Crippen molar-refractivity contribution in [2.24, 2.45) is 10.9 Å². The third kappa shape index (κ3) is 10.2. The highest BCUT2D eigenvalue weighted by Crippen LogP contribution is 1.62. The molecule has 14 heavy (non-hydrogen) atoms. The first-order chi connectivity index (χ1) is 6.42. The first-order valence-corrected chi connectivity index (χ1v) is 4.65. The number of nitrogens with one attached hydrogen (secondary N) is 1. The van der Waals surface area contributed by atoms with Gasteiger partial charge in [0.25, 0.3) is 10.2 Å². The number of nitrogens with zero attached hydrogens (tertiary/aromatic N) is 3. The number of primary amides is 1. The van der Waals surface area contributed by atoms with Crippen LogP contribution in [0.1, 0.15) is 0 Å². The van der Waals surface area contributed by atoms with E-state index in [2.05, 4.69) is 26.3 Å². The fraction of sp³-hybridized carbons (Fsp3) is 0. The molecule has 0 saturated heterocycles. The summed E-state index contributed by atoms with van der Waals surface area (Å²) in [4.78, 5) is 9.67. The molecule has 0 spiro atoms. The van der Waals surface area contributed by atoms with Crippen LogP contribution in [0.5, 0.6) is 0 Å². The maximum atomic E-state index is 9.81. The predicted molar refractivity (Wildman–Crippen MR) is 45.7 cm³/mol. The molecule has 0 bridgehead atoms. The first kappa shape index (κ1) is 12.2. The highest BCUT2D eigenvalue weighted by Gasteiger charge is 2.01. The van der Waals surface area contributed by atoms with Crippen molar-refractivity contribution in [1.29, 1.82) is 0 Å². The SMILES string of the molecule is NC(=O)NS(N)(=O)=O.c1cnnnc1. The fourth-order valence-electron chi connectivity index (χ4n) is 0.345. The number of carbonyl (C=O) groups is 1. The molecule has 5 N–H and O–H groups in total. The zero-order valence-electron chi connectivity index (χ0n) is 6.86. The topological polar surface area (TPSA) is 154 Å². The van der Waals surface area contributed by atoms with Crippen LogP contribution in [-0.2, 0) is 10.2 Å². The number of hydrogen-bond acceptors (Lipinski definition) is 6. The summed E-state index contributed by atoms with van der Waals surface area (Å²) in [5, 5.41) is 14.4. The Kier molecular flexibility index (Phi) is 5.02. The summed E-state index contributed by atoms with van der Waals surface area (Å²) in [6.07, 6.45) is 3.15. The minimum absolute atomic E-state index is 1.19. The lowest BCUT2D eigenvalue weighted by Crippen LogP contribution is -2.39. The summed E-state index contributed by atoms with van der Waals surface area (Å²) in [6, 6.07) is 0.528. The summed E-state index contributed by atoms with van der Waals surface area (Å²) < 4.78 is 20.9. The highest BCUT2D eigenvalue weighted by molar-refractivity contribution is 7.87. The molecule has 0 aliphatic carbocycles. The molecule has 0 fully saturated rings. The number of hydrogen-bond donors (Lipinski definition) is 3. The predicted octanol–water partition coefficient (Wildman–Crippen LogP) is -2.27. The van der Waals surface area contributed by atoms with Crippen LogP contribution in [0.2, 0.25) is 0 Å². The third-order valence-corrected chi connectivity index (χ3v) is 1.14. The van der Waals surface area contributed by atoms with Crippen molar-refractivity contribution in [3.63, 3.8) is 0 Å². The van der Waals surface area contributed by atoms with Gasteiger partial charge in [0, 0.05) is 0 Å². The van der Waals surface area contributed by atoms with Gasteiger partial charge in [-0.15, -0.1) is 10.2 Å². The van der Waals surface area contributed by atoms with E-state index < -0.39 is 16.2 Å². The second-order valence-electron chi connectivity index (χ2n) is 1.82. The van der Waals surface area contributed by atoms with Crippen molar-refractivity contribution in [3.8, 4) is 0 Å². The quantitative estimate of drug-likeness (QED) is 0.484. The van der Waals surface area contributed by atoms with Crippen LogP contribution in [0.3, 0.4) is 0 Å². The van der Waals surface area contributed by atoms with Gasteiger partial charge in [-0.05, 0) is 11.3 Å². The summed E-state index contributed by atoms with van der Waals surface area (Å²) in [5.41, 5.74) is 4.37. The Labute approximate surface area is 79.7 Å². The normalized spacial score (nSPS) is 9.50. The maximum absolute atomic E-state index is 9.81. The summed E-state index contributed by atoms with van der Waals surface area (Å²) in [6.45, 7) is 0. The first-order valence-electron chi connectivity index (χ1n) is 3.10. The number of urea groups is 1. The van der Waals surface area contributed by atoms with Crippen LogP contribution >= 0.6 is 0 Å². The van der Waals surface area contributed by atoms with Gasteiger partial charge in [0.2, 0.25) is 0 Å². The Bertz CT molecular complexity index is 337. The standard InChI is InChI=1S/C3H3N3.CH5N3O3S/c1-2-4-6-5-3-1;2-1(5)4-8(3,6)7/h1-3H;(H3,2,4,5)(H2,3,6,7). The second kappa shape index (κ2) is 5.77. The lowest BCUT2D eigenvalue weighted by Gasteiger charge is -1.92. The maximum Gasteiger partial charge on any atom is 0.326 e. The number of rotatable bonds is 1. The van der Waals surface area contributed by atoms with Gasteiger partial charge in [-0.3, -0.25) is 0 Å². The van der Waals surface area contributed by atoms with E-state index in [0.717, 1.165) is 0 Å². The van der Waals surface area contributed by atoms with Gasteiger partial charge >= 0.3 is 6.03 Å². The number of amides is 2. The van der Waals surface area contributed by atoms with Crippen molar-refractivity contribution >= 4 is 16.2 Å². The Morgan fingerprint density at radius 1 is 1.29 bits per heavy atom. The van der Waals surface area contributed by atoms with Crippen LogP contribution < -0.4 is 15.6 Å². The van der Waals surface area contributed by atoms with Crippen molar-refractivity contribution in [3.05, 3.63) is 18.5 Å². The molecule has 78 valence electrons. The molecule has 0 atom stereocenters. The average molecular weight is 220 g/mol. The van der Waals surface area contributed by atoms with E-state index in [0.29, 0.717) is 0 Å². The smallest absolute Gasteiger partial charge is 0.326 e. The zero-order chi connectivity index (χ0) is 11.0. The van der Waals surface area contributed by atoms with Crippen LogP contribution in [0.15, 0.2) is 18.5 Å². The minimum Gasteiger partial charge on any atom is -0.351 e. The molecule has 0 saturated carbocycles. The van der Waals surface area contributed by atoms with E-state index in [4.69, 9.17) is 0 Å². The summed E-state index contributed by atoms with van der Waals surface area (Å²) in [7, 11) is -3.95. The van der Waals surface area contributed by atoms with Crippen LogP contribution in [0.4, 0.5) is 4.79 Å². The van der Waals surface area contributed by atoms with Crippen molar-refractivity contribution < 1.29 is 13.2 Å². The van der Waals surface area contributed by atoms with Gasteiger partial charge in [0.1, 0.15) is 0 Å². The Morgan fingerprint density at radius 2 is 1.79 bits per heavy atom. The molecule has 0 aliphatic rings. The minimum atomic E-state index is -3.95. The van der Waals surface area contributed by atoms with E-state index in [9.17, 15) is 13.2 Å². The number of carbonyl (C=O) groups excluding carboxylic acids is 1. The highest BCUT2D eigenvalue weighted by atomic mass is 32.2. The fourth-order valence-corrected chi connectivity index (χ4v) is 0.626. The molecule has 1 heterocycles. The van der Waals surface area contributed by atoms with Crippen LogP contribution in [0, 0.1) is 0 Å². The molecule has 9 nitrogen and oxygen atoms in total. The number of nitrogens with two attached hydrogens (primary N) is 2. The van der Waals surface area contributed by atoms with Gasteiger partial charge in [-0.2, -0.15) is 8.42 Å². The van der Waals surface area contributed by atoms with Crippen LogP contribution in [-0.4, -0.2) is 29.9 Å². The van der Waals surface area contributed by atoms with E-state index in [-0.39, 0.29) is 0 Å². The van der Waals surface area contributed by atoms with Crippen molar-refractivity contribution in [1.82, 2.24) is 20.1 Å². The number of aromatic nitrogens is 3. The summed E-state index contributed by atoms with van der Waals surface area (Å²) >= 11 is 0. The largest absolute Gasteiger partial charge is 0.351 e. The molecule has 0 aromatic carbocycles. The third-order valence-electron chi connectivity index (χ3n) is 0.652. The zero-order valence-corrected chi connectivity index (χ0v) is 7.68. The van der Waals surface area contributed by atoms with E-state index in [1.807, 2.05) is 0 Å². The van der Waals surface area contributed by atoms with Crippen molar-refractivity contribution in [2.45, 2.75) is 0 Å². The van der Waals surface area contributed by atoms with E-state index >= 15 is 0 Å². The average Bonchev–Trinajstić information content (AvgIpc) is 2.03. The van der Waals surface area contributed by atoms with Gasteiger partial charge in [0.15, 0.2) is 0 Å². The lowest BCUT2D eigenvalue weighted by atomic mass is 10.7. The molecular formula is C4H8N6O3S. The van der Waals surface area contributed by atoms with Gasteiger partial charge in [0.05, 0.1) is 12.4 Å². The Hall–Kier alpha value is -1.81. The molecule has 1 rings (SSSR count). The monoisotopic (exact) mass is 220 g/mol. The second-order valence-corrected chi connectivity index (χ2v) is 3.12. The summed E-state index contributed by atoms with van der Waals surface area (Å²) in [5.74, 6) is 0. The Morgan fingerprint density at radius 3 is 1.86 bits per heavy atom. The molecular weight excluding hydrogens is 212 g/mol. The molecule has 0 unspecified atom stereocenters.